The molecule has 19 heavy (non-hydrogen) atoms. The summed E-state index contributed by atoms with van der Waals surface area (Å²) < 4.78 is 12.4. The van der Waals surface area contributed by atoms with Crippen LogP contribution in [0.3, 0.4) is 0 Å². The first-order chi connectivity index (χ1) is 8.73. The Balaban J connectivity index is 2.31. The smallest absolute Gasteiger partial charge is 0.312 e. The lowest BCUT2D eigenvalue weighted by Gasteiger charge is -2.42. The first-order valence-electron chi connectivity index (χ1n) is 7.11. The van der Waals surface area contributed by atoms with Crippen molar-refractivity contribution in [2.24, 2.45) is 0 Å². The Morgan fingerprint density at radius 3 is 2.42 bits per heavy atom. The van der Waals surface area contributed by atoms with Gasteiger partial charge in [0.1, 0.15) is 26.2 Å². The number of nitrogens with zero attached hydrogens (tertiary/aromatic N) is 2. The van der Waals surface area contributed by atoms with Crippen LogP contribution in [-0.2, 0) is 14.3 Å². The lowest BCUT2D eigenvalue weighted by molar-refractivity contribution is -0.937. The number of morpholine rings is 1. The van der Waals surface area contributed by atoms with E-state index in [4.69, 9.17) is 9.47 Å². The van der Waals surface area contributed by atoms with Crippen LogP contribution in [0.2, 0.25) is 0 Å². The van der Waals surface area contributed by atoms with E-state index in [1.165, 1.54) is 0 Å². The summed E-state index contributed by atoms with van der Waals surface area (Å²) in [7, 11) is 8.48. The van der Waals surface area contributed by atoms with E-state index in [1.54, 1.807) is 0 Å². The van der Waals surface area contributed by atoms with E-state index < -0.39 is 0 Å². The molecule has 1 atom stereocenters. The number of likely N-dealkylation sites (N-methyl/N-ethyl adjacent to an activating group) is 2. The van der Waals surface area contributed by atoms with Gasteiger partial charge >= 0.3 is 5.97 Å². The topological polar surface area (TPSA) is 35.5 Å². The first kappa shape index (κ1) is 16.4. The summed E-state index contributed by atoms with van der Waals surface area (Å²) in [5.41, 5.74) is 0. The Morgan fingerprint density at radius 1 is 1.32 bits per heavy atom. The minimum absolute atomic E-state index is 0.0770. The molecule has 0 aromatic heterocycles. The molecule has 112 valence electrons. The molecule has 1 heterocycles. The molecule has 0 N–H and O–H groups in total. The maximum Gasteiger partial charge on any atom is 0.312 e. The molecule has 0 radical (unpaired) electrons. The van der Waals surface area contributed by atoms with Gasteiger partial charge in [-0.15, -0.1) is 0 Å². The highest BCUT2D eigenvalue weighted by molar-refractivity contribution is 5.69. The van der Waals surface area contributed by atoms with E-state index in [1.807, 2.05) is 0 Å². The molecule has 1 saturated heterocycles. The van der Waals surface area contributed by atoms with Gasteiger partial charge in [-0.2, -0.15) is 0 Å². The van der Waals surface area contributed by atoms with Crippen LogP contribution >= 0.6 is 0 Å². The van der Waals surface area contributed by atoms with Gasteiger partial charge in [0.25, 0.3) is 0 Å². The molecule has 5 nitrogen and oxygen atoms in total. The average molecular weight is 274 g/mol. The van der Waals surface area contributed by atoms with E-state index in [0.717, 1.165) is 41.8 Å². The number of rotatable bonds is 6. The van der Waals surface area contributed by atoms with Crippen LogP contribution in [0.15, 0.2) is 0 Å². The van der Waals surface area contributed by atoms with E-state index in [9.17, 15) is 4.79 Å². The monoisotopic (exact) mass is 274 g/mol. The second-order valence-electron chi connectivity index (χ2n) is 6.83. The van der Waals surface area contributed by atoms with E-state index in [-0.39, 0.29) is 5.97 Å². The minimum Gasteiger partial charge on any atom is -0.459 e. The normalized spacial score (nSPS) is 20.9. The van der Waals surface area contributed by atoms with Crippen molar-refractivity contribution < 1.29 is 23.2 Å². The van der Waals surface area contributed by atoms with Crippen molar-refractivity contribution in [2.75, 3.05) is 67.6 Å². The molecule has 0 saturated carbocycles. The number of quaternary nitrogens is 2. The molecule has 1 aliphatic rings. The van der Waals surface area contributed by atoms with Crippen molar-refractivity contribution in [1.29, 1.82) is 0 Å². The van der Waals surface area contributed by atoms with Crippen molar-refractivity contribution in [2.45, 2.75) is 19.4 Å². The number of hydrogen-bond donors (Lipinski definition) is 0. The van der Waals surface area contributed by atoms with Crippen LogP contribution in [0, 0.1) is 0 Å². The lowest BCUT2D eigenvalue weighted by atomic mass is 10.1. The predicted octanol–water partition coefficient (Wildman–Crippen LogP) is 0.491. The Kier molecular flexibility index (Phi) is 5.77. The van der Waals surface area contributed by atoms with E-state index >= 15 is 0 Å². The fourth-order valence-corrected chi connectivity index (χ4v) is 2.15. The molecule has 0 aliphatic carbocycles. The number of hydrogen-bond acceptors (Lipinski definition) is 3. The van der Waals surface area contributed by atoms with Crippen LogP contribution in [-0.4, -0.2) is 88.6 Å². The van der Waals surface area contributed by atoms with Crippen molar-refractivity contribution in [3.8, 4) is 0 Å². The van der Waals surface area contributed by atoms with Gasteiger partial charge in [-0.25, -0.2) is 0 Å². The van der Waals surface area contributed by atoms with Gasteiger partial charge in [-0.3, -0.25) is 4.79 Å². The van der Waals surface area contributed by atoms with Crippen molar-refractivity contribution in [3.05, 3.63) is 0 Å². The molecule has 1 fully saturated rings. The van der Waals surface area contributed by atoms with Crippen LogP contribution in [0.4, 0.5) is 0 Å². The van der Waals surface area contributed by atoms with Gasteiger partial charge in [0, 0.05) is 0 Å². The minimum atomic E-state index is -0.0770. The zero-order valence-corrected chi connectivity index (χ0v) is 13.1. The molecular weight excluding hydrogens is 244 g/mol. The first-order valence-corrected chi connectivity index (χ1v) is 7.11. The van der Waals surface area contributed by atoms with Crippen molar-refractivity contribution >= 4 is 5.97 Å². The summed E-state index contributed by atoms with van der Waals surface area (Å²) in [6, 6.07) is 0.292. The quantitative estimate of drug-likeness (QED) is 0.522. The maximum absolute atomic E-state index is 11.9. The Bertz CT molecular complexity index is 294. The fourth-order valence-electron chi connectivity index (χ4n) is 2.15. The summed E-state index contributed by atoms with van der Waals surface area (Å²) in [5, 5.41) is 0. The maximum atomic E-state index is 11.9. The summed E-state index contributed by atoms with van der Waals surface area (Å²) in [6.07, 6.45) is 0.494. The molecule has 0 bridgehead atoms. The Morgan fingerprint density at radius 2 is 1.89 bits per heavy atom. The molecule has 0 spiro atoms. The average Bonchev–Trinajstić information content (AvgIpc) is 2.28. The SMILES string of the molecule is CC(CC(=O)OCC[N+](C)(C)C)[N+]1(C)CCOCC1. The van der Waals surface area contributed by atoms with Crippen LogP contribution < -0.4 is 0 Å². The third-order valence-corrected chi connectivity index (χ3v) is 4.04. The summed E-state index contributed by atoms with van der Waals surface area (Å²) >= 11 is 0. The second-order valence-corrected chi connectivity index (χ2v) is 6.83. The molecule has 1 rings (SSSR count). The predicted molar refractivity (Wildman–Crippen MR) is 74.7 cm³/mol. The van der Waals surface area contributed by atoms with Crippen molar-refractivity contribution in [3.63, 3.8) is 0 Å². The standard InChI is InChI=1S/C14H30N2O3/c1-13(16(5)7-9-18-10-8-16)12-14(17)19-11-6-15(2,3)4/h13H,6-12H2,1-5H3/q+2. The van der Waals surface area contributed by atoms with Crippen LogP contribution in [0.1, 0.15) is 13.3 Å². The summed E-state index contributed by atoms with van der Waals surface area (Å²) in [4.78, 5) is 11.9. The van der Waals surface area contributed by atoms with Gasteiger partial charge in [-0.05, 0) is 6.92 Å². The molecule has 0 amide bonds. The molecule has 5 heteroatoms. The van der Waals surface area contributed by atoms with E-state index in [2.05, 4.69) is 35.1 Å². The van der Waals surface area contributed by atoms with Gasteiger partial charge in [-0.1, -0.05) is 0 Å². The lowest BCUT2D eigenvalue weighted by Crippen LogP contribution is -2.57. The highest BCUT2D eigenvalue weighted by atomic mass is 16.5. The molecule has 1 unspecified atom stereocenters. The van der Waals surface area contributed by atoms with Crippen LogP contribution in [0.25, 0.3) is 0 Å². The molecule has 1 aliphatic heterocycles. The molecular formula is C14H30N2O3+2. The van der Waals surface area contributed by atoms with Gasteiger partial charge in [0.05, 0.1) is 53.9 Å². The second kappa shape index (κ2) is 6.68. The highest BCUT2D eigenvalue weighted by Crippen LogP contribution is 2.16. The number of ether oxygens (including phenoxy) is 2. The number of carbonyl (C=O) groups excluding carboxylic acids is 1. The van der Waals surface area contributed by atoms with Crippen molar-refractivity contribution in [1.82, 2.24) is 0 Å². The molecule has 0 aromatic carbocycles. The third-order valence-electron chi connectivity index (χ3n) is 4.04. The van der Waals surface area contributed by atoms with Crippen LogP contribution in [0.5, 0.6) is 0 Å². The fraction of sp³-hybridized carbons (Fsp3) is 0.929. The zero-order valence-electron chi connectivity index (χ0n) is 13.1. The van der Waals surface area contributed by atoms with Gasteiger partial charge < -0.3 is 18.4 Å². The summed E-state index contributed by atoms with van der Waals surface area (Å²) in [5.74, 6) is -0.0770. The number of esters is 1. The highest BCUT2D eigenvalue weighted by Gasteiger charge is 2.33. The van der Waals surface area contributed by atoms with Gasteiger partial charge in [0.2, 0.25) is 0 Å². The zero-order chi connectivity index (χ0) is 14.5. The Labute approximate surface area is 117 Å². The summed E-state index contributed by atoms with van der Waals surface area (Å²) in [6.45, 7) is 7.02. The van der Waals surface area contributed by atoms with Gasteiger partial charge in [0.15, 0.2) is 0 Å². The Hall–Kier alpha value is -0.650. The van der Waals surface area contributed by atoms with E-state index in [0.29, 0.717) is 19.1 Å². The third kappa shape index (κ3) is 5.89. The number of carbonyl (C=O) groups is 1. The largest absolute Gasteiger partial charge is 0.459 e. The molecule has 0 aromatic rings.